The molecule has 0 amide bonds. The van der Waals surface area contributed by atoms with Crippen LogP contribution in [-0.4, -0.2) is 25.8 Å². The molecule has 3 rings (SSSR count). The molecule has 0 radical (unpaired) electrons. The standard InChI is InChI=1S/C13H14O4/c14-13(9-1-2-9)17-7-10-3-6-16-12-4-5-15-8-11(10)12/h3-4,8-9H,1-2,5-7H2. The van der Waals surface area contributed by atoms with E-state index in [1.165, 1.54) is 0 Å². The Morgan fingerprint density at radius 3 is 3.06 bits per heavy atom. The summed E-state index contributed by atoms with van der Waals surface area (Å²) in [6.45, 7) is 1.37. The van der Waals surface area contributed by atoms with Crippen LogP contribution in [0.3, 0.4) is 0 Å². The smallest absolute Gasteiger partial charge is 0.309 e. The van der Waals surface area contributed by atoms with Crippen LogP contribution in [0.1, 0.15) is 12.8 Å². The van der Waals surface area contributed by atoms with Gasteiger partial charge in [0.05, 0.1) is 17.8 Å². The monoisotopic (exact) mass is 234 g/mol. The highest BCUT2D eigenvalue weighted by molar-refractivity contribution is 5.75. The maximum atomic E-state index is 11.5. The molecule has 1 saturated carbocycles. The molecule has 0 aromatic heterocycles. The average molecular weight is 234 g/mol. The van der Waals surface area contributed by atoms with Crippen molar-refractivity contribution in [3.63, 3.8) is 0 Å². The van der Waals surface area contributed by atoms with Gasteiger partial charge in [0.25, 0.3) is 0 Å². The van der Waals surface area contributed by atoms with Gasteiger partial charge in [0.15, 0.2) is 0 Å². The molecule has 1 fully saturated rings. The maximum absolute atomic E-state index is 11.5. The quantitative estimate of drug-likeness (QED) is 0.697. The van der Waals surface area contributed by atoms with Gasteiger partial charge in [-0.05, 0) is 25.0 Å². The van der Waals surface area contributed by atoms with Gasteiger partial charge in [-0.15, -0.1) is 0 Å². The summed E-state index contributed by atoms with van der Waals surface area (Å²) < 4.78 is 16.0. The number of carbonyl (C=O) groups is 1. The molecule has 90 valence electrons. The summed E-state index contributed by atoms with van der Waals surface area (Å²) >= 11 is 0. The molecule has 2 aliphatic heterocycles. The highest BCUT2D eigenvalue weighted by Crippen LogP contribution is 2.31. The third-order valence-corrected chi connectivity index (χ3v) is 3.03. The second kappa shape index (κ2) is 4.28. The summed E-state index contributed by atoms with van der Waals surface area (Å²) in [5, 5.41) is 0. The Morgan fingerprint density at radius 2 is 2.24 bits per heavy atom. The minimum atomic E-state index is -0.0831. The van der Waals surface area contributed by atoms with Crippen LogP contribution >= 0.6 is 0 Å². The van der Waals surface area contributed by atoms with Gasteiger partial charge in [-0.25, -0.2) is 0 Å². The van der Waals surface area contributed by atoms with E-state index in [0.717, 1.165) is 29.7 Å². The molecule has 17 heavy (non-hydrogen) atoms. The molecule has 2 heterocycles. The summed E-state index contributed by atoms with van der Waals surface area (Å²) in [6, 6.07) is 0. The van der Waals surface area contributed by atoms with E-state index < -0.39 is 0 Å². The van der Waals surface area contributed by atoms with E-state index in [0.29, 0.717) is 19.8 Å². The molecule has 1 aliphatic carbocycles. The largest absolute Gasteiger partial charge is 0.496 e. The Kier molecular flexibility index (Phi) is 2.63. The van der Waals surface area contributed by atoms with Crippen LogP contribution in [0.5, 0.6) is 0 Å². The van der Waals surface area contributed by atoms with Crippen molar-refractivity contribution in [2.45, 2.75) is 12.8 Å². The van der Waals surface area contributed by atoms with E-state index in [1.807, 2.05) is 12.2 Å². The number of fused-ring (bicyclic) bond motifs is 1. The lowest BCUT2D eigenvalue weighted by molar-refractivity contribution is -0.144. The molecule has 3 aliphatic rings. The summed E-state index contributed by atoms with van der Waals surface area (Å²) in [5.41, 5.74) is 1.86. The first-order valence-electron chi connectivity index (χ1n) is 5.86. The van der Waals surface area contributed by atoms with Crippen LogP contribution in [0.25, 0.3) is 0 Å². The number of hydrogen-bond donors (Lipinski definition) is 0. The predicted octanol–water partition coefficient (Wildman–Crippen LogP) is 1.69. The number of allylic oxidation sites excluding steroid dienone is 1. The molecular weight excluding hydrogens is 220 g/mol. The van der Waals surface area contributed by atoms with Crippen molar-refractivity contribution in [1.82, 2.24) is 0 Å². The van der Waals surface area contributed by atoms with Crippen LogP contribution < -0.4 is 0 Å². The summed E-state index contributed by atoms with van der Waals surface area (Å²) in [6.07, 6.45) is 7.43. The van der Waals surface area contributed by atoms with Gasteiger partial charge in [0, 0.05) is 5.57 Å². The molecule has 0 unspecified atom stereocenters. The van der Waals surface area contributed by atoms with Gasteiger partial charge in [-0.1, -0.05) is 0 Å². The van der Waals surface area contributed by atoms with E-state index in [-0.39, 0.29) is 11.9 Å². The lowest BCUT2D eigenvalue weighted by Gasteiger charge is -2.23. The highest BCUT2D eigenvalue weighted by Gasteiger charge is 2.31. The maximum Gasteiger partial charge on any atom is 0.309 e. The van der Waals surface area contributed by atoms with Crippen molar-refractivity contribution in [3.05, 3.63) is 35.3 Å². The lowest BCUT2D eigenvalue weighted by atomic mass is 10.0. The third kappa shape index (κ3) is 2.20. The topological polar surface area (TPSA) is 44.8 Å². The first kappa shape index (κ1) is 10.4. The Hall–Kier alpha value is -1.71. The van der Waals surface area contributed by atoms with Gasteiger partial charge in [0.2, 0.25) is 0 Å². The van der Waals surface area contributed by atoms with Crippen molar-refractivity contribution >= 4 is 5.97 Å². The first-order valence-corrected chi connectivity index (χ1v) is 5.86. The van der Waals surface area contributed by atoms with Gasteiger partial charge in [0.1, 0.15) is 25.6 Å². The Bertz CT molecular complexity index is 427. The number of rotatable bonds is 3. The first-order chi connectivity index (χ1) is 8.34. The number of hydrogen-bond acceptors (Lipinski definition) is 4. The molecule has 0 saturated heterocycles. The van der Waals surface area contributed by atoms with Crippen LogP contribution in [0.15, 0.2) is 35.3 Å². The fourth-order valence-corrected chi connectivity index (χ4v) is 1.86. The summed E-state index contributed by atoms with van der Waals surface area (Å²) in [7, 11) is 0. The predicted molar refractivity (Wildman–Crippen MR) is 59.8 cm³/mol. The normalized spacial score (nSPS) is 22.2. The minimum absolute atomic E-state index is 0.0831. The van der Waals surface area contributed by atoms with Crippen molar-refractivity contribution in [2.75, 3.05) is 19.8 Å². The van der Waals surface area contributed by atoms with Crippen LogP contribution in [0, 0.1) is 5.92 Å². The average Bonchev–Trinajstić information content (AvgIpc) is 3.20. The Labute approximate surface area is 99.5 Å². The lowest BCUT2D eigenvalue weighted by Crippen LogP contribution is -2.17. The molecule has 0 bridgehead atoms. The number of esters is 1. The van der Waals surface area contributed by atoms with Crippen molar-refractivity contribution in [3.8, 4) is 0 Å². The third-order valence-electron chi connectivity index (χ3n) is 3.03. The number of carbonyl (C=O) groups excluding carboxylic acids is 1. The van der Waals surface area contributed by atoms with Gasteiger partial charge >= 0.3 is 5.97 Å². The van der Waals surface area contributed by atoms with Crippen LogP contribution in [0.4, 0.5) is 0 Å². The van der Waals surface area contributed by atoms with E-state index in [4.69, 9.17) is 14.2 Å². The molecular formula is C13H14O4. The van der Waals surface area contributed by atoms with E-state index in [9.17, 15) is 4.79 Å². The molecule has 0 spiro atoms. The molecule has 4 heteroatoms. The molecule has 4 nitrogen and oxygen atoms in total. The molecule has 0 atom stereocenters. The Morgan fingerprint density at radius 1 is 1.35 bits per heavy atom. The van der Waals surface area contributed by atoms with Gasteiger partial charge in [-0.2, -0.15) is 0 Å². The zero-order valence-electron chi connectivity index (χ0n) is 9.48. The highest BCUT2D eigenvalue weighted by atomic mass is 16.5. The van der Waals surface area contributed by atoms with E-state index in [1.54, 1.807) is 6.26 Å². The Balaban J connectivity index is 1.65. The summed E-state index contributed by atoms with van der Waals surface area (Å²) in [5.74, 6) is 0.888. The number of ether oxygens (including phenoxy) is 3. The second-order valence-corrected chi connectivity index (χ2v) is 4.36. The summed E-state index contributed by atoms with van der Waals surface area (Å²) in [4.78, 5) is 11.5. The second-order valence-electron chi connectivity index (χ2n) is 4.36. The zero-order chi connectivity index (χ0) is 11.7. The van der Waals surface area contributed by atoms with Crippen LogP contribution in [0.2, 0.25) is 0 Å². The molecule has 0 aromatic rings. The van der Waals surface area contributed by atoms with E-state index in [2.05, 4.69) is 0 Å². The van der Waals surface area contributed by atoms with Crippen molar-refractivity contribution in [1.29, 1.82) is 0 Å². The van der Waals surface area contributed by atoms with Crippen LogP contribution in [-0.2, 0) is 19.0 Å². The van der Waals surface area contributed by atoms with E-state index >= 15 is 0 Å². The SMILES string of the molecule is O=C(OCC1=CCOC2=CCOC=C12)C1CC1. The fourth-order valence-electron chi connectivity index (χ4n) is 1.86. The minimum Gasteiger partial charge on any atom is -0.496 e. The van der Waals surface area contributed by atoms with Gasteiger partial charge in [-0.3, -0.25) is 4.79 Å². The fraction of sp³-hybridized carbons (Fsp3) is 0.462. The molecule has 0 aromatic carbocycles. The molecule has 0 N–H and O–H groups in total. The van der Waals surface area contributed by atoms with Crippen molar-refractivity contribution < 1.29 is 19.0 Å². The zero-order valence-corrected chi connectivity index (χ0v) is 9.48. The van der Waals surface area contributed by atoms with Crippen molar-refractivity contribution in [2.24, 2.45) is 5.92 Å². The van der Waals surface area contributed by atoms with Gasteiger partial charge < -0.3 is 14.2 Å².